The van der Waals surface area contributed by atoms with Crippen molar-refractivity contribution in [2.75, 3.05) is 0 Å². The van der Waals surface area contributed by atoms with Crippen LogP contribution in [0.3, 0.4) is 0 Å². The number of benzene rings is 13. The van der Waals surface area contributed by atoms with E-state index in [1.165, 1.54) is 128 Å². The van der Waals surface area contributed by atoms with E-state index in [1.807, 2.05) is 0 Å². The predicted molar refractivity (Wildman–Crippen MR) is 385 cm³/mol. The number of furan rings is 2. The van der Waals surface area contributed by atoms with Crippen LogP contribution in [0.1, 0.15) is 124 Å². The highest BCUT2D eigenvalue weighted by Gasteiger charge is 2.52. The largest absolute Gasteiger partial charge is 0.456 e. The lowest BCUT2D eigenvalue weighted by atomic mass is 9.66. The summed E-state index contributed by atoms with van der Waals surface area (Å²) in [6, 6.07) is 108. The third kappa shape index (κ3) is 8.07. The molecule has 2 heterocycles. The Bertz CT molecular complexity index is 5400. The van der Waals surface area contributed by atoms with Gasteiger partial charge < -0.3 is 8.83 Å². The summed E-state index contributed by atoms with van der Waals surface area (Å²) in [5, 5.41) is 4.67. The zero-order valence-electron chi connectivity index (χ0n) is 53.4. The molecular formula is C91H70O2. The molecule has 0 aliphatic heterocycles. The van der Waals surface area contributed by atoms with Crippen molar-refractivity contribution in [2.45, 2.75) is 82.0 Å². The van der Waals surface area contributed by atoms with Gasteiger partial charge in [-0.3, -0.25) is 0 Å². The maximum absolute atomic E-state index is 6.89. The van der Waals surface area contributed by atoms with Crippen molar-refractivity contribution in [1.29, 1.82) is 0 Å². The van der Waals surface area contributed by atoms with Crippen molar-refractivity contribution in [3.05, 3.63) is 369 Å². The van der Waals surface area contributed by atoms with Crippen LogP contribution in [0.5, 0.6) is 0 Å². The molecule has 0 fully saturated rings. The second kappa shape index (κ2) is 20.5. The van der Waals surface area contributed by atoms with E-state index in [1.54, 1.807) is 0 Å². The van der Waals surface area contributed by atoms with Crippen LogP contribution in [0.4, 0.5) is 0 Å². The van der Waals surface area contributed by atoms with E-state index in [0.29, 0.717) is 0 Å². The first-order valence-corrected chi connectivity index (χ1v) is 33.2. The van der Waals surface area contributed by atoms with Gasteiger partial charge in [-0.25, -0.2) is 0 Å². The minimum Gasteiger partial charge on any atom is -0.456 e. The molecule has 15 aromatic rings. The SMILES string of the molecule is Cc1ccc(-c2cc3c(c4c2oc2ccccc24)-c2ccc(CC(Cc4ccc5c(c4)C(c4ccccc4)(c4ccccc4)c4cc6c(cc4-5)C(c4ccccc4)(c4ccccc4)c4ccc5oc7ccccc7c5c4-6)c4ccc(C(C)(C)C)cc4)cc2C3(C)C)cc1. The molecule has 0 radical (unpaired) electrons. The zero-order chi connectivity index (χ0) is 62.5. The normalized spacial score (nSPS) is 14.9. The Morgan fingerprint density at radius 1 is 0.355 bits per heavy atom. The van der Waals surface area contributed by atoms with Gasteiger partial charge in [-0.05, 0) is 184 Å². The Morgan fingerprint density at radius 2 is 0.828 bits per heavy atom. The summed E-state index contributed by atoms with van der Waals surface area (Å²) in [6.07, 6.45) is 1.72. The highest BCUT2D eigenvalue weighted by Crippen LogP contribution is 2.65. The molecule has 2 heteroatoms. The minimum absolute atomic E-state index is 0.0231. The van der Waals surface area contributed by atoms with E-state index in [9.17, 15) is 0 Å². The van der Waals surface area contributed by atoms with Crippen LogP contribution in [-0.2, 0) is 34.5 Å². The van der Waals surface area contributed by atoms with Crippen LogP contribution < -0.4 is 0 Å². The quantitative estimate of drug-likeness (QED) is 0.136. The average Bonchev–Trinajstić information content (AvgIpc) is 1.51. The Labute approximate surface area is 544 Å². The minimum atomic E-state index is -0.676. The molecule has 0 bridgehead atoms. The first-order valence-electron chi connectivity index (χ1n) is 33.2. The number of hydrogen-bond donors (Lipinski definition) is 0. The number of fused-ring (bicyclic) bond motifs is 17. The van der Waals surface area contributed by atoms with Gasteiger partial charge in [-0.15, -0.1) is 0 Å². The maximum atomic E-state index is 6.89. The van der Waals surface area contributed by atoms with Gasteiger partial charge in [0.05, 0.1) is 10.8 Å². The van der Waals surface area contributed by atoms with Gasteiger partial charge >= 0.3 is 0 Å². The molecule has 0 saturated carbocycles. The standard InChI is InChI=1S/C91H70O2/c1-56-35-39-60(40-36-56)71-53-79-83(86-70-32-20-22-34-81(70)93-87(71)86)68-46-38-57(51-75(68)89(79,5)6)49-61(59-41-43-62(44-42-59)88(2,3)4)50-58-37-45-67-72-54-78-73(55-77(72)91(76(67)52-58,65-27-15-9-16-28-65)66-29-17-10-18-30-66)84-74(47-48-82-85(84)69-31-19-21-33-80(69)92-82)90(78,63-23-11-7-12-24-63)64-25-13-8-14-26-64/h7-48,51-55,61H,49-50H2,1-6H3. The highest BCUT2D eigenvalue weighted by atomic mass is 16.3. The van der Waals surface area contributed by atoms with Crippen molar-refractivity contribution < 1.29 is 8.83 Å². The number of aryl methyl sites for hydroxylation is 1. The smallest absolute Gasteiger partial charge is 0.143 e. The van der Waals surface area contributed by atoms with Crippen LogP contribution in [-0.4, -0.2) is 0 Å². The number of rotatable bonds is 10. The van der Waals surface area contributed by atoms with E-state index >= 15 is 0 Å². The molecule has 1 unspecified atom stereocenters. The van der Waals surface area contributed by atoms with Crippen molar-refractivity contribution in [3.8, 4) is 44.5 Å². The van der Waals surface area contributed by atoms with E-state index in [2.05, 4.69) is 327 Å². The van der Waals surface area contributed by atoms with Gasteiger partial charge in [0.15, 0.2) is 0 Å². The third-order valence-corrected chi connectivity index (χ3v) is 21.7. The fraction of sp³-hybridized carbons (Fsp3) is 0.143. The fourth-order valence-electron chi connectivity index (χ4n) is 17.3. The molecule has 3 aliphatic rings. The topological polar surface area (TPSA) is 26.3 Å². The van der Waals surface area contributed by atoms with Crippen LogP contribution in [0.2, 0.25) is 0 Å². The van der Waals surface area contributed by atoms with E-state index in [0.717, 1.165) is 56.9 Å². The second-order valence-corrected chi connectivity index (χ2v) is 28.2. The maximum Gasteiger partial charge on any atom is 0.143 e. The molecule has 3 aliphatic carbocycles. The van der Waals surface area contributed by atoms with Crippen LogP contribution in [0.25, 0.3) is 88.4 Å². The van der Waals surface area contributed by atoms with Gasteiger partial charge in [0, 0.05) is 32.5 Å². The molecule has 446 valence electrons. The van der Waals surface area contributed by atoms with Crippen molar-refractivity contribution in [3.63, 3.8) is 0 Å². The van der Waals surface area contributed by atoms with Crippen molar-refractivity contribution in [1.82, 2.24) is 0 Å². The van der Waals surface area contributed by atoms with E-state index < -0.39 is 10.8 Å². The van der Waals surface area contributed by atoms with E-state index in [-0.39, 0.29) is 16.7 Å². The molecule has 0 N–H and O–H groups in total. The van der Waals surface area contributed by atoms with Gasteiger partial charge in [-0.2, -0.15) is 0 Å². The summed E-state index contributed by atoms with van der Waals surface area (Å²) in [4.78, 5) is 0. The predicted octanol–water partition coefficient (Wildman–Crippen LogP) is 23.4. The summed E-state index contributed by atoms with van der Waals surface area (Å²) < 4.78 is 13.7. The summed E-state index contributed by atoms with van der Waals surface area (Å²) in [7, 11) is 0. The molecule has 0 amide bonds. The monoisotopic (exact) mass is 1190 g/mol. The lowest BCUT2D eigenvalue weighted by Gasteiger charge is -2.35. The Hall–Kier alpha value is -10.5. The third-order valence-electron chi connectivity index (χ3n) is 21.7. The first-order chi connectivity index (χ1) is 45.4. The van der Waals surface area contributed by atoms with E-state index in [4.69, 9.17) is 8.83 Å². The van der Waals surface area contributed by atoms with Crippen molar-refractivity contribution in [2.24, 2.45) is 0 Å². The summed E-state index contributed by atoms with van der Waals surface area (Å²) >= 11 is 0. The highest BCUT2D eigenvalue weighted by molar-refractivity contribution is 6.19. The molecule has 18 rings (SSSR count). The summed E-state index contributed by atoms with van der Waals surface area (Å²) in [5.74, 6) is 0.163. The number of para-hydroxylation sites is 2. The average molecular weight is 1200 g/mol. The van der Waals surface area contributed by atoms with Crippen LogP contribution >= 0.6 is 0 Å². The molecule has 0 saturated heterocycles. The van der Waals surface area contributed by atoms with Gasteiger partial charge in [0.1, 0.15) is 22.3 Å². The summed E-state index contributed by atoms with van der Waals surface area (Å²) in [5.41, 5.74) is 31.5. The lowest BCUT2D eigenvalue weighted by molar-refractivity contribution is 0.588. The molecular weight excluding hydrogens is 1120 g/mol. The van der Waals surface area contributed by atoms with Gasteiger partial charge in [-0.1, -0.05) is 289 Å². The fourth-order valence-corrected chi connectivity index (χ4v) is 17.3. The van der Waals surface area contributed by atoms with Crippen LogP contribution in [0.15, 0.2) is 294 Å². The molecule has 2 aromatic heterocycles. The lowest BCUT2D eigenvalue weighted by Crippen LogP contribution is -2.30. The molecule has 2 nitrogen and oxygen atoms in total. The van der Waals surface area contributed by atoms with Crippen LogP contribution in [0, 0.1) is 6.92 Å². The second-order valence-electron chi connectivity index (χ2n) is 28.2. The Morgan fingerprint density at radius 3 is 1.42 bits per heavy atom. The zero-order valence-corrected chi connectivity index (χ0v) is 53.4. The first kappa shape index (κ1) is 55.3. The Kier molecular flexibility index (Phi) is 12.2. The molecule has 0 spiro atoms. The van der Waals surface area contributed by atoms with Gasteiger partial charge in [0.25, 0.3) is 0 Å². The molecule has 1 atom stereocenters. The van der Waals surface area contributed by atoms with Gasteiger partial charge in [0.2, 0.25) is 0 Å². The number of hydrogen-bond acceptors (Lipinski definition) is 2. The Balaban J connectivity index is 0.828. The molecule has 93 heavy (non-hydrogen) atoms. The van der Waals surface area contributed by atoms with Crippen molar-refractivity contribution >= 4 is 43.9 Å². The molecule has 13 aromatic carbocycles. The summed E-state index contributed by atoms with van der Waals surface area (Å²) in [6.45, 7) is 14.0.